The number of hydrogen-bond donors (Lipinski definition) is 2. The van der Waals surface area contributed by atoms with E-state index in [1.165, 1.54) is 30.5 Å². The Morgan fingerprint density at radius 2 is 1.81 bits per heavy atom. The van der Waals surface area contributed by atoms with E-state index in [0.717, 1.165) is 5.69 Å². The van der Waals surface area contributed by atoms with Gasteiger partial charge in [-0.2, -0.15) is 0 Å². The Bertz CT molecular complexity index is 915. The third-order valence-corrected chi connectivity index (χ3v) is 3.85. The van der Waals surface area contributed by atoms with E-state index in [-0.39, 0.29) is 5.91 Å². The number of halogens is 2. The first-order valence-electron chi connectivity index (χ1n) is 7.69. The van der Waals surface area contributed by atoms with Crippen molar-refractivity contribution in [1.82, 2.24) is 4.98 Å². The highest BCUT2D eigenvalue weighted by Crippen LogP contribution is 2.28. The molecule has 7 heteroatoms. The molecule has 26 heavy (non-hydrogen) atoms. The Morgan fingerprint density at radius 3 is 2.42 bits per heavy atom. The van der Waals surface area contributed by atoms with Gasteiger partial charge in [0.15, 0.2) is 0 Å². The minimum absolute atomic E-state index is 0.338. The van der Waals surface area contributed by atoms with Gasteiger partial charge in [-0.3, -0.25) is 4.79 Å². The molecule has 2 N–H and O–H groups in total. The molecule has 2 aromatic carbocycles. The van der Waals surface area contributed by atoms with Crippen molar-refractivity contribution in [2.24, 2.45) is 0 Å². The normalized spacial score (nSPS) is 10.3. The lowest BCUT2D eigenvalue weighted by Crippen LogP contribution is -2.12. The maximum Gasteiger partial charge on any atom is 0.255 e. The Morgan fingerprint density at radius 1 is 1.08 bits per heavy atom. The summed E-state index contributed by atoms with van der Waals surface area (Å²) >= 11 is 6.09. The lowest BCUT2D eigenvalue weighted by Gasteiger charge is -2.09. The van der Waals surface area contributed by atoms with Crippen LogP contribution < -0.4 is 15.4 Å². The van der Waals surface area contributed by atoms with E-state index in [1.54, 1.807) is 31.4 Å². The fraction of sp³-hybridized carbons (Fsp3) is 0.0526. The molecule has 132 valence electrons. The minimum Gasteiger partial charge on any atom is -0.495 e. The number of ether oxygens (including phenoxy) is 1. The fourth-order valence-electron chi connectivity index (χ4n) is 2.24. The van der Waals surface area contributed by atoms with Crippen LogP contribution in [0.15, 0.2) is 60.8 Å². The van der Waals surface area contributed by atoms with Crippen LogP contribution in [-0.4, -0.2) is 18.0 Å². The maximum atomic E-state index is 12.9. The second kappa shape index (κ2) is 7.84. The van der Waals surface area contributed by atoms with Gasteiger partial charge in [-0.05, 0) is 54.6 Å². The van der Waals surface area contributed by atoms with Gasteiger partial charge in [0.2, 0.25) is 0 Å². The molecule has 0 radical (unpaired) electrons. The quantitative estimate of drug-likeness (QED) is 0.671. The lowest BCUT2D eigenvalue weighted by atomic mass is 10.2. The van der Waals surface area contributed by atoms with E-state index in [1.807, 2.05) is 6.07 Å². The second-order valence-corrected chi connectivity index (χ2v) is 5.77. The van der Waals surface area contributed by atoms with Gasteiger partial charge in [-0.15, -0.1) is 0 Å². The van der Waals surface area contributed by atoms with Crippen LogP contribution in [0.5, 0.6) is 5.75 Å². The summed E-state index contributed by atoms with van der Waals surface area (Å²) in [5.41, 5.74) is 1.64. The maximum absolute atomic E-state index is 12.9. The van der Waals surface area contributed by atoms with Gasteiger partial charge in [0.25, 0.3) is 5.91 Å². The lowest BCUT2D eigenvalue weighted by molar-refractivity contribution is 0.102. The summed E-state index contributed by atoms with van der Waals surface area (Å²) in [6.07, 6.45) is 1.52. The van der Waals surface area contributed by atoms with Crippen molar-refractivity contribution in [3.8, 4) is 5.75 Å². The summed E-state index contributed by atoms with van der Waals surface area (Å²) in [6.45, 7) is 0. The molecule has 0 unspecified atom stereocenters. The number of carbonyl (C=O) groups excluding carboxylic acids is 1. The number of hydrogen-bond acceptors (Lipinski definition) is 4. The number of anilines is 3. The Kier molecular flexibility index (Phi) is 5.34. The van der Waals surface area contributed by atoms with Gasteiger partial charge >= 0.3 is 0 Å². The van der Waals surface area contributed by atoms with Crippen molar-refractivity contribution in [2.45, 2.75) is 0 Å². The van der Waals surface area contributed by atoms with Crippen LogP contribution in [0.4, 0.5) is 21.6 Å². The number of nitrogens with one attached hydrogen (secondary N) is 2. The van der Waals surface area contributed by atoms with Crippen molar-refractivity contribution in [3.05, 3.63) is 77.2 Å². The molecule has 3 rings (SSSR count). The predicted octanol–water partition coefficient (Wildman–Crippen LogP) is 4.88. The monoisotopic (exact) mass is 371 g/mol. The molecule has 0 fully saturated rings. The molecule has 5 nitrogen and oxygen atoms in total. The van der Waals surface area contributed by atoms with E-state index < -0.39 is 5.82 Å². The van der Waals surface area contributed by atoms with Crippen LogP contribution in [0.3, 0.4) is 0 Å². The number of nitrogens with zero attached hydrogens (tertiary/aromatic N) is 1. The van der Waals surface area contributed by atoms with Crippen molar-refractivity contribution in [2.75, 3.05) is 17.7 Å². The summed E-state index contributed by atoms with van der Waals surface area (Å²) < 4.78 is 18.0. The van der Waals surface area contributed by atoms with Gasteiger partial charge < -0.3 is 15.4 Å². The van der Waals surface area contributed by atoms with E-state index in [9.17, 15) is 9.18 Å². The first-order chi connectivity index (χ1) is 12.5. The summed E-state index contributed by atoms with van der Waals surface area (Å²) in [5, 5.41) is 6.30. The summed E-state index contributed by atoms with van der Waals surface area (Å²) in [5.74, 6) is 0.446. The highest BCUT2D eigenvalue weighted by atomic mass is 35.5. The molecule has 1 aromatic heterocycles. The van der Waals surface area contributed by atoms with Crippen LogP contribution in [-0.2, 0) is 0 Å². The van der Waals surface area contributed by atoms with Crippen LogP contribution in [0.2, 0.25) is 5.02 Å². The number of rotatable bonds is 5. The molecular formula is C19H15ClFN3O2. The third kappa shape index (κ3) is 4.29. The summed E-state index contributed by atoms with van der Waals surface area (Å²) in [6, 6.07) is 14.0. The first kappa shape index (κ1) is 17.7. The van der Waals surface area contributed by atoms with Gasteiger partial charge in [-0.1, -0.05) is 11.6 Å². The molecule has 0 atom stereocenters. The molecule has 1 amide bonds. The van der Waals surface area contributed by atoms with Crippen molar-refractivity contribution >= 4 is 34.7 Å². The Hall–Kier alpha value is -3.12. The molecule has 1 heterocycles. The van der Waals surface area contributed by atoms with Crippen LogP contribution in [0.25, 0.3) is 0 Å². The minimum atomic E-state index is -0.391. The zero-order valence-corrected chi connectivity index (χ0v) is 14.5. The molecular weight excluding hydrogens is 357 g/mol. The van der Waals surface area contributed by atoms with Gasteiger partial charge in [-0.25, -0.2) is 9.37 Å². The number of methoxy groups -OCH3 is 1. The van der Waals surface area contributed by atoms with Crippen LogP contribution in [0, 0.1) is 5.82 Å². The average Bonchev–Trinajstić information content (AvgIpc) is 2.64. The second-order valence-electron chi connectivity index (χ2n) is 5.37. The third-order valence-electron chi connectivity index (χ3n) is 3.55. The first-order valence-corrected chi connectivity index (χ1v) is 8.06. The highest BCUT2D eigenvalue weighted by molar-refractivity contribution is 6.32. The zero-order valence-electron chi connectivity index (χ0n) is 13.8. The van der Waals surface area contributed by atoms with Gasteiger partial charge in [0.1, 0.15) is 17.4 Å². The van der Waals surface area contributed by atoms with Crippen molar-refractivity contribution in [1.29, 1.82) is 0 Å². The predicted molar refractivity (Wildman–Crippen MR) is 99.9 cm³/mol. The number of amides is 1. The molecule has 0 spiro atoms. The number of carbonyl (C=O) groups is 1. The molecule has 0 aliphatic carbocycles. The average molecular weight is 372 g/mol. The zero-order chi connectivity index (χ0) is 18.5. The molecule has 0 aliphatic heterocycles. The van der Waals surface area contributed by atoms with E-state index >= 15 is 0 Å². The topological polar surface area (TPSA) is 63.2 Å². The Balaban J connectivity index is 1.65. The van der Waals surface area contributed by atoms with Gasteiger partial charge in [0, 0.05) is 11.3 Å². The molecule has 0 aliphatic rings. The SMILES string of the molecule is COc1ccc(Nc2ccc(NC(=O)c3ccc(F)cc3)cn2)cc1Cl. The molecule has 0 saturated carbocycles. The van der Waals surface area contributed by atoms with E-state index in [4.69, 9.17) is 16.3 Å². The smallest absolute Gasteiger partial charge is 0.255 e. The highest BCUT2D eigenvalue weighted by Gasteiger charge is 2.07. The van der Waals surface area contributed by atoms with E-state index in [0.29, 0.717) is 27.8 Å². The van der Waals surface area contributed by atoms with Crippen molar-refractivity contribution < 1.29 is 13.9 Å². The van der Waals surface area contributed by atoms with Crippen LogP contribution >= 0.6 is 11.6 Å². The largest absolute Gasteiger partial charge is 0.495 e. The molecule has 0 bridgehead atoms. The van der Waals surface area contributed by atoms with Crippen LogP contribution in [0.1, 0.15) is 10.4 Å². The molecule has 3 aromatic rings. The summed E-state index contributed by atoms with van der Waals surface area (Å²) in [7, 11) is 1.55. The molecule has 0 saturated heterocycles. The summed E-state index contributed by atoms with van der Waals surface area (Å²) in [4.78, 5) is 16.3. The Labute approximate surface area is 154 Å². The fourth-order valence-corrected chi connectivity index (χ4v) is 2.50. The van der Waals surface area contributed by atoms with E-state index in [2.05, 4.69) is 15.6 Å². The number of aromatic nitrogens is 1. The van der Waals surface area contributed by atoms with Crippen molar-refractivity contribution in [3.63, 3.8) is 0 Å². The standard InChI is InChI=1S/C19H15ClFN3O2/c1-26-17-8-6-14(10-16(17)20)23-18-9-7-15(11-22-18)24-19(25)12-2-4-13(21)5-3-12/h2-11H,1H3,(H,22,23)(H,24,25). The van der Waals surface area contributed by atoms with Gasteiger partial charge in [0.05, 0.1) is 24.0 Å². The number of pyridine rings is 1. The number of benzene rings is 2.